The summed E-state index contributed by atoms with van der Waals surface area (Å²) in [4.78, 5) is 12.3. The summed E-state index contributed by atoms with van der Waals surface area (Å²) in [6.45, 7) is 4.00. The lowest BCUT2D eigenvalue weighted by molar-refractivity contribution is 0.0994. The summed E-state index contributed by atoms with van der Waals surface area (Å²) in [5.41, 5.74) is 2.36. The quantitative estimate of drug-likeness (QED) is 0.754. The summed E-state index contributed by atoms with van der Waals surface area (Å²) >= 11 is 11.8. The number of nitrogens with one attached hydrogen (secondary N) is 1. The molecule has 0 saturated carbocycles. The normalized spacial score (nSPS) is 9.57. The van der Waals surface area contributed by atoms with Crippen LogP contribution in [0.5, 0.6) is 0 Å². The Bertz CT molecular complexity index is 611. The van der Waals surface area contributed by atoms with E-state index in [1.54, 1.807) is 19.2 Å². The van der Waals surface area contributed by atoms with Gasteiger partial charge in [-0.3, -0.25) is 4.79 Å². The second-order valence-electron chi connectivity index (χ2n) is 4.14. The largest absolute Gasteiger partial charge is 0.388 e. The molecule has 4 heteroatoms. The van der Waals surface area contributed by atoms with E-state index in [2.05, 4.69) is 5.32 Å². The average molecular weight is 324 g/mol. The maximum Gasteiger partial charge on any atom is 0.169 e. The molecule has 0 fully saturated rings. The monoisotopic (exact) mass is 323 g/mol. The van der Waals surface area contributed by atoms with Gasteiger partial charge in [-0.25, -0.2) is 0 Å². The van der Waals surface area contributed by atoms with E-state index in [0.29, 0.717) is 22.0 Å². The summed E-state index contributed by atoms with van der Waals surface area (Å²) in [6.07, 6.45) is 0.301. The molecule has 0 aliphatic carbocycles. The number of ketones is 1. The topological polar surface area (TPSA) is 29.1 Å². The van der Waals surface area contributed by atoms with Gasteiger partial charge in [0.1, 0.15) is 0 Å². The number of anilines is 1. The number of carbonyl (C=O) groups excluding carboxylic acids is 1. The fourth-order valence-corrected chi connectivity index (χ4v) is 2.20. The number of Topliss-reactive ketones (excluding diaryl/α,β-unsaturated/α-hetero) is 1. The molecule has 112 valence electrons. The van der Waals surface area contributed by atoms with Gasteiger partial charge in [-0.2, -0.15) is 0 Å². The number of hydrogen-bond donors (Lipinski definition) is 1. The standard InChI is InChI=1S/C15H13Cl2NO.C2H6/c1-18-14-5-3-2-4-11(14)15(19)9-10-6-7-12(16)13(17)8-10;1-2/h2-8,18H,9H2,1H3;1-2H3. The fourth-order valence-electron chi connectivity index (χ4n) is 1.87. The van der Waals surface area contributed by atoms with Gasteiger partial charge in [0, 0.05) is 24.7 Å². The van der Waals surface area contributed by atoms with E-state index in [9.17, 15) is 4.79 Å². The maximum absolute atomic E-state index is 12.3. The first-order valence-corrected chi connectivity index (χ1v) is 7.61. The van der Waals surface area contributed by atoms with Gasteiger partial charge in [0.2, 0.25) is 0 Å². The molecule has 0 amide bonds. The van der Waals surface area contributed by atoms with Gasteiger partial charge in [0.15, 0.2) is 5.78 Å². The number of rotatable bonds is 4. The highest BCUT2D eigenvalue weighted by molar-refractivity contribution is 6.42. The van der Waals surface area contributed by atoms with E-state index in [-0.39, 0.29) is 5.78 Å². The molecule has 2 nitrogen and oxygen atoms in total. The number of benzene rings is 2. The first-order chi connectivity index (χ1) is 10.1. The predicted octanol–water partition coefficient (Wildman–Crippen LogP) is 5.49. The average Bonchev–Trinajstić information content (AvgIpc) is 2.52. The summed E-state index contributed by atoms with van der Waals surface area (Å²) in [5.74, 6) is 0.0448. The molecule has 2 rings (SSSR count). The molecular weight excluding hydrogens is 305 g/mol. The maximum atomic E-state index is 12.3. The van der Waals surface area contributed by atoms with Gasteiger partial charge in [0.05, 0.1) is 10.0 Å². The molecular formula is C17H19Cl2NO. The predicted molar refractivity (Wildman–Crippen MR) is 91.8 cm³/mol. The zero-order valence-electron chi connectivity index (χ0n) is 12.4. The van der Waals surface area contributed by atoms with Gasteiger partial charge < -0.3 is 5.32 Å². The fraction of sp³-hybridized carbons (Fsp3) is 0.235. The molecule has 0 heterocycles. The van der Waals surface area contributed by atoms with Crippen LogP contribution < -0.4 is 5.32 Å². The van der Waals surface area contributed by atoms with E-state index >= 15 is 0 Å². The Morgan fingerprint density at radius 3 is 2.33 bits per heavy atom. The van der Waals surface area contributed by atoms with Crippen molar-refractivity contribution in [1.82, 2.24) is 0 Å². The Balaban J connectivity index is 0.00000106. The van der Waals surface area contributed by atoms with Crippen molar-refractivity contribution in [3.05, 3.63) is 63.6 Å². The number of halogens is 2. The van der Waals surface area contributed by atoms with E-state index in [1.807, 2.05) is 44.2 Å². The van der Waals surface area contributed by atoms with Crippen molar-refractivity contribution in [2.45, 2.75) is 20.3 Å². The third-order valence-corrected chi connectivity index (χ3v) is 3.58. The number of para-hydroxylation sites is 1. The molecule has 2 aromatic carbocycles. The Morgan fingerprint density at radius 1 is 1.05 bits per heavy atom. The van der Waals surface area contributed by atoms with Gasteiger partial charge in [0.25, 0.3) is 0 Å². The molecule has 1 N–H and O–H groups in total. The van der Waals surface area contributed by atoms with Crippen LogP contribution in [0, 0.1) is 0 Å². The van der Waals surface area contributed by atoms with Crippen molar-refractivity contribution in [2.75, 3.05) is 12.4 Å². The van der Waals surface area contributed by atoms with E-state index in [4.69, 9.17) is 23.2 Å². The van der Waals surface area contributed by atoms with Crippen molar-refractivity contribution in [3.63, 3.8) is 0 Å². The van der Waals surface area contributed by atoms with Crippen LogP contribution in [0.4, 0.5) is 5.69 Å². The highest BCUT2D eigenvalue weighted by atomic mass is 35.5. The Morgan fingerprint density at radius 2 is 1.71 bits per heavy atom. The number of hydrogen-bond acceptors (Lipinski definition) is 2. The van der Waals surface area contributed by atoms with E-state index in [0.717, 1.165) is 11.3 Å². The SMILES string of the molecule is CC.CNc1ccccc1C(=O)Cc1ccc(Cl)c(Cl)c1. The summed E-state index contributed by atoms with van der Waals surface area (Å²) in [7, 11) is 1.80. The van der Waals surface area contributed by atoms with Crippen molar-refractivity contribution < 1.29 is 4.79 Å². The van der Waals surface area contributed by atoms with Crippen LogP contribution in [0.15, 0.2) is 42.5 Å². The Kier molecular flexibility index (Phi) is 7.27. The third kappa shape index (κ3) is 4.76. The lowest BCUT2D eigenvalue weighted by Crippen LogP contribution is -2.07. The minimum atomic E-state index is 0.0448. The van der Waals surface area contributed by atoms with Crippen LogP contribution in [-0.4, -0.2) is 12.8 Å². The minimum Gasteiger partial charge on any atom is -0.388 e. The molecule has 21 heavy (non-hydrogen) atoms. The zero-order chi connectivity index (χ0) is 15.8. The Labute approximate surface area is 136 Å². The molecule has 0 saturated heterocycles. The molecule has 2 aromatic rings. The van der Waals surface area contributed by atoms with Crippen LogP contribution in [0.25, 0.3) is 0 Å². The summed E-state index contributed by atoms with van der Waals surface area (Å²) < 4.78 is 0. The Hall–Kier alpha value is -1.51. The third-order valence-electron chi connectivity index (χ3n) is 2.85. The molecule has 0 aromatic heterocycles. The highest BCUT2D eigenvalue weighted by Crippen LogP contribution is 2.24. The highest BCUT2D eigenvalue weighted by Gasteiger charge is 2.11. The van der Waals surface area contributed by atoms with Crippen LogP contribution in [0.1, 0.15) is 29.8 Å². The van der Waals surface area contributed by atoms with Gasteiger partial charge in [-0.05, 0) is 29.8 Å². The summed E-state index contributed by atoms with van der Waals surface area (Å²) in [6, 6.07) is 12.7. The molecule has 0 aliphatic heterocycles. The van der Waals surface area contributed by atoms with Crippen molar-refractivity contribution in [2.24, 2.45) is 0 Å². The van der Waals surface area contributed by atoms with Crippen molar-refractivity contribution >= 4 is 34.7 Å². The molecule has 0 atom stereocenters. The van der Waals surface area contributed by atoms with Crippen molar-refractivity contribution in [1.29, 1.82) is 0 Å². The van der Waals surface area contributed by atoms with Gasteiger partial charge in [-0.1, -0.05) is 55.2 Å². The lowest BCUT2D eigenvalue weighted by atomic mass is 10.0. The van der Waals surface area contributed by atoms with E-state index in [1.165, 1.54) is 0 Å². The minimum absolute atomic E-state index is 0.0448. The molecule has 0 unspecified atom stereocenters. The van der Waals surface area contributed by atoms with Crippen LogP contribution in [-0.2, 0) is 6.42 Å². The molecule has 0 bridgehead atoms. The summed E-state index contributed by atoms with van der Waals surface area (Å²) in [5, 5.41) is 3.98. The lowest BCUT2D eigenvalue weighted by Gasteiger charge is -2.08. The number of carbonyl (C=O) groups is 1. The van der Waals surface area contributed by atoms with Crippen LogP contribution in [0.3, 0.4) is 0 Å². The second-order valence-corrected chi connectivity index (χ2v) is 4.96. The van der Waals surface area contributed by atoms with Gasteiger partial charge in [-0.15, -0.1) is 0 Å². The van der Waals surface area contributed by atoms with Crippen molar-refractivity contribution in [3.8, 4) is 0 Å². The first kappa shape index (κ1) is 17.5. The van der Waals surface area contributed by atoms with Gasteiger partial charge >= 0.3 is 0 Å². The molecule has 0 radical (unpaired) electrons. The van der Waals surface area contributed by atoms with Crippen LogP contribution in [0.2, 0.25) is 10.0 Å². The second kappa shape index (κ2) is 8.71. The van der Waals surface area contributed by atoms with Crippen LogP contribution >= 0.6 is 23.2 Å². The molecule has 0 spiro atoms. The molecule has 0 aliphatic rings. The van der Waals surface area contributed by atoms with E-state index < -0.39 is 0 Å². The first-order valence-electron chi connectivity index (χ1n) is 6.85. The zero-order valence-corrected chi connectivity index (χ0v) is 13.9. The smallest absolute Gasteiger partial charge is 0.169 e.